The first-order valence-corrected chi connectivity index (χ1v) is 5.82. The van der Waals surface area contributed by atoms with Gasteiger partial charge in [0.05, 0.1) is 0 Å². The van der Waals surface area contributed by atoms with E-state index in [1.165, 1.54) is 44.9 Å². The highest BCUT2D eigenvalue weighted by Gasteiger charge is 1.81. The van der Waals surface area contributed by atoms with Crippen molar-refractivity contribution >= 4 is 0 Å². The molecule has 0 saturated carbocycles. The molecule has 0 aromatic carbocycles. The Morgan fingerprint density at radius 3 is 1.64 bits per heavy atom. The molecule has 80 valence electrons. The van der Waals surface area contributed by atoms with Gasteiger partial charge in [-0.25, -0.2) is 0 Å². The van der Waals surface area contributed by atoms with Crippen molar-refractivity contribution in [2.45, 2.75) is 51.9 Å². The van der Waals surface area contributed by atoms with Crippen LogP contribution in [0.4, 0.5) is 0 Å². The highest BCUT2D eigenvalue weighted by atomic mass is 13.9. The van der Waals surface area contributed by atoms with Crippen molar-refractivity contribution < 1.29 is 0 Å². The van der Waals surface area contributed by atoms with Crippen molar-refractivity contribution in [2.24, 2.45) is 0 Å². The van der Waals surface area contributed by atoms with Crippen LogP contribution in [0.3, 0.4) is 0 Å². The maximum atomic E-state index is 3.60. The normalized spacial score (nSPS) is 17.2. The lowest BCUT2D eigenvalue weighted by molar-refractivity contribution is 0.816. The zero-order chi connectivity index (χ0) is 10.5. The molecule has 0 aliphatic heterocycles. The largest absolute Gasteiger partial charge is 0.103 e. The van der Waals surface area contributed by atoms with Crippen LogP contribution >= 0.6 is 0 Å². The topological polar surface area (TPSA) is 0 Å². The molecule has 0 N–H and O–H groups in total. The Morgan fingerprint density at radius 2 is 1.43 bits per heavy atom. The summed E-state index contributed by atoms with van der Waals surface area (Å²) in [6.07, 6.45) is 19.7. The van der Waals surface area contributed by atoms with Crippen LogP contribution in [0.15, 0.2) is 37.0 Å². The van der Waals surface area contributed by atoms with Crippen LogP contribution < -0.4 is 0 Å². The molecule has 1 aliphatic rings. The highest BCUT2D eigenvalue weighted by Crippen LogP contribution is 2.02. The van der Waals surface area contributed by atoms with Gasteiger partial charge in [-0.2, -0.15) is 0 Å². The molecule has 0 bridgehead atoms. The van der Waals surface area contributed by atoms with E-state index in [1.54, 1.807) is 0 Å². The van der Waals surface area contributed by atoms with Crippen molar-refractivity contribution in [2.75, 3.05) is 0 Å². The number of unbranched alkanes of at least 4 members (excludes halogenated alkanes) is 2. The van der Waals surface area contributed by atoms with Crippen molar-refractivity contribution in [3.63, 3.8) is 0 Å². The molecular weight excluding hydrogens is 168 g/mol. The first kappa shape index (κ1) is 13.2. The van der Waals surface area contributed by atoms with Crippen LogP contribution in [0.25, 0.3) is 0 Å². The Hall–Kier alpha value is -0.780. The van der Waals surface area contributed by atoms with Gasteiger partial charge in [-0.15, -0.1) is 6.58 Å². The summed E-state index contributed by atoms with van der Waals surface area (Å²) in [6.45, 7) is 5.78. The Morgan fingerprint density at radius 1 is 1.00 bits per heavy atom. The van der Waals surface area contributed by atoms with E-state index in [2.05, 4.69) is 37.8 Å². The molecular formula is C14H24. The van der Waals surface area contributed by atoms with Gasteiger partial charge in [0.15, 0.2) is 0 Å². The molecule has 1 rings (SSSR count). The third-order valence-corrected chi connectivity index (χ3v) is 2.10. The molecule has 0 radical (unpaired) electrons. The highest BCUT2D eigenvalue weighted by molar-refractivity contribution is 4.93. The molecule has 0 saturated heterocycles. The summed E-state index contributed by atoms with van der Waals surface area (Å²) in [4.78, 5) is 0. The molecule has 0 nitrogen and oxygen atoms in total. The monoisotopic (exact) mass is 192 g/mol. The lowest BCUT2D eigenvalue weighted by Crippen LogP contribution is -1.71. The molecule has 0 atom stereocenters. The van der Waals surface area contributed by atoms with Gasteiger partial charge in [-0.05, 0) is 32.1 Å². The maximum Gasteiger partial charge on any atom is -0.0316 e. The lowest BCUT2D eigenvalue weighted by atomic mass is 10.1. The fourth-order valence-electron chi connectivity index (χ4n) is 1.20. The Balaban J connectivity index is 0.000000255. The molecule has 0 fully saturated rings. The van der Waals surface area contributed by atoms with E-state index in [0.29, 0.717) is 0 Å². The van der Waals surface area contributed by atoms with E-state index in [1.807, 2.05) is 6.08 Å². The molecule has 0 unspecified atom stereocenters. The molecule has 0 aromatic heterocycles. The second-order valence-electron chi connectivity index (χ2n) is 3.53. The smallest absolute Gasteiger partial charge is 0.0316 e. The summed E-state index contributed by atoms with van der Waals surface area (Å²) in [5.74, 6) is 0. The minimum absolute atomic E-state index is 1.18. The van der Waals surface area contributed by atoms with Crippen LogP contribution in [0.5, 0.6) is 0 Å². The van der Waals surface area contributed by atoms with E-state index in [-0.39, 0.29) is 0 Å². The average molecular weight is 192 g/mol. The number of rotatable bonds is 3. The molecule has 0 spiro atoms. The molecule has 0 heteroatoms. The summed E-state index contributed by atoms with van der Waals surface area (Å²) in [5, 5.41) is 0. The quantitative estimate of drug-likeness (QED) is 0.434. The SMILES string of the molecule is C1=CCC/C=C\CC1.C=CCCCC. The fraction of sp³-hybridized carbons (Fsp3) is 0.571. The average Bonchev–Trinajstić information content (AvgIpc) is 2.14. The predicted molar refractivity (Wildman–Crippen MR) is 66.5 cm³/mol. The van der Waals surface area contributed by atoms with Crippen LogP contribution in [0.1, 0.15) is 51.9 Å². The minimum Gasteiger partial charge on any atom is -0.103 e. The van der Waals surface area contributed by atoms with E-state index in [9.17, 15) is 0 Å². The number of hydrogen-bond donors (Lipinski definition) is 0. The van der Waals surface area contributed by atoms with Gasteiger partial charge in [0.1, 0.15) is 0 Å². The molecule has 0 amide bonds. The van der Waals surface area contributed by atoms with Crippen LogP contribution in [0, 0.1) is 0 Å². The first-order valence-electron chi connectivity index (χ1n) is 5.82. The van der Waals surface area contributed by atoms with E-state index < -0.39 is 0 Å². The Kier molecular flexibility index (Phi) is 11.5. The standard InChI is InChI=1S/C8H12.C6H12/c1-2-4-6-8-7-5-3-1;1-3-5-6-4-2/h1-2,7-8H,3-6H2;3H,1,4-6H2,2H3/b2-1-,8-7?;. The van der Waals surface area contributed by atoms with Gasteiger partial charge in [0.25, 0.3) is 0 Å². The van der Waals surface area contributed by atoms with Gasteiger partial charge in [0, 0.05) is 0 Å². The zero-order valence-corrected chi connectivity index (χ0v) is 9.54. The summed E-state index contributed by atoms with van der Waals surface area (Å²) >= 11 is 0. The maximum absolute atomic E-state index is 3.60. The van der Waals surface area contributed by atoms with Gasteiger partial charge < -0.3 is 0 Å². The Bertz CT molecular complexity index is 137. The van der Waals surface area contributed by atoms with E-state index >= 15 is 0 Å². The van der Waals surface area contributed by atoms with Crippen LogP contribution in [0.2, 0.25) is 0 Å². The lowest BCUT2D eigenvalue weighted by Gasteiger charge is -1.92. The summed E-state index contributed by atoms with van der Waals surface area (Å²) in [6, 6.07) is 0. The van der Waals surface area contributed by atoms with Crippen molar-refractivity contribution in [1.82, 2.24) is 0 Å². The van der Waals surface area contributed by atoms with Gasteiger partial charge in [-0.3, -0.25) is 0 Å². The molecule has 0 aromatic rings. The van der Waals surface area contributed by atoms with E-state index in [4.69, 9.17) is 0 Å². The van der Waals surface area contributed by atoms with E-state index in [0.717, 1.165) is 0 Å². The van der Waals surface area contributed by atoms with Gasteiger partial charge in [-0.1, -0.05) is 50.1 Å². The van der Waals surface area contributed by atoms with Gasteiger partial charge >= 0.3 is 0 Å². The number of hydrogen-bond acceptors (Lipinski definition) is 0. The van der Waals surface area contributed by atoms with Crippen molar-refractivity contribution in [1.29, 1.82) is 0 Å². The summed E-state index contributed by atoms with van der Waals surface area (Å²) in [5.41, 5.74) is 0. The first-order chi connectivity index (χ1) is 6.91. The fourth-order valence-corrected chi connectivity index (χ4v) is 1.20. The third-order valence-electron chi connectivity index (χ3n) is 2.10. The Labute approximate surface area is 89.4 Å². The number of allylic oxidation sites excluding steroid dienone is 5. The summed E-state index contributed by atoms with van der Waals surface area (Å²) < 4.78 is 0. The summed E-state index contributed by atoms with van der Waals surface area (Å²) in [7, 11) is 0. The second-order valence-corrected chi connectivity index (χ2v) is 3.53. The van der Waals surface area contributed by atoms with Gasteiger partial charge in [0.2, 0.25) is 0 Å². The third kappa shape index (κ3) is 11.2. The van der Waals surface area contributed by atoms with Crippen LogP contribution in [-0.2, 0) is 0 Å². The molecule has 1 aliphatic carbocycles. The minimum atomic E-state index is 1.18. The zero-order valence-electron chi connectivity index (χ0n) is 9.54. The van der Waals surface area contributed by atoms with Crippen LogP contribution in [-0.4, -0.2) is 0 Å². The predicted octanol–water partition coefficient (Wildman–Crippen LogP) is 5.04. The second kappa shape index (κ2) is 12.2. The van der Waals surface area contributed by atoms with Crippen molar-refractivity contribution in [3.05, 3.63) is 37.0 Å². The van der Waals surface area contributed by atoms with Crippen molar-refractivity contribution in [3.8, 4) is 0 Å². The molecule has 0 heterocycles. The molecule has 14 heavy (non-hydrogen) atoms.